The zero-order valence-corrected chi connectivity index (χ0v) is 18.1. The summed E-state index contributed by atoms with van der Waals surface area (Å²) in [7, 11) is -0.0295. The Bertz CT molecular complexity index is 562. The van der Waals surface area contributed by atoms with Gasteiger partial charge in [-0.25, -0.2) is 0 Å². The fourth-order valence-electron chi connectivity index (χ4n) is 2.17. The van der Waals surface area contributed by atoms with Crippen molar-refractivity contribution in [1.29, 1.82) is 0 Å². The van der Waals surface area contributed by atoms with Crippen LogP contribution in [0.2, 0.25) is 39.3 Å². The van der Waals surface area contributed by atoms with Gasteiger partial charge in [0.05, 0.1) is 0 Å². The number of hydrogen-bond donors (Lipinski definition) is 1. The van der Waals surface area contributed by atoms with Crippen LogP contribution in [0, 0.1) is 6.33 Å². The number of fused-ring (bicyclic) bond motifs is 1. The molecule has 21 heavy (non-hydrogen) atoms. The first-order valence-corrected chi connectivity index (χ1v) is 14.6. The molecule has 112 valence electrons. The van der Waals surface area contributed by atoms with Crippen LogP contribution in [0.4, 0.5) is 0 Å². The van der Waals surface area contributed by atoms with E-state index in [2.05, 4.69) is 71.2 Å². The fourth-order valence-corrected chi connectivity index (χ4v) is 11.5. The van der Waals surface area contributed by atoms with E-state index in [1.807, 2.05) is 29.8 Å². The van der Waals surface area contributed by atoms with E-state index in [0.29, 0.717) is 0 Å². The molecule has 7 heteroatoms. The molecule has 0 saturated heterocycles. The summed E-state index contributed by atoms with van der Waals surface area (Å²) in [4.78, 5) is 4.08. The van der Waals surface area contributed by atoms with E-state index in [9.17, 15) is 0 Å². The molecule has 2 aromatic rings. The van der Waals surface area contributed by atoms with E-state index < -0.39 is 16.5 Å². The molecule has 0 radical (unpaired) electrons. The molecule has 0 spiro atoms. The van der Waals surface area contributed by atoms with Crippen LogP contribution in [-0.2, 0) is 7.05 Å². The van der Waals surface area contributed by atoms with Crippen LogP contribution in [0.3, 0.4) is 0 Å². The van der Waals surface area contributed by atoms with Crippen molar-refractivity contribution >= 4 is 43.4 Å². The summed E-state index contributed by atoms with van der Waals surface area (Å²) in [5.74, 6) is 0. The predicted molar refractivity (Wildman–Crippen MR) is 97.1 cm³/mol. The van der Waals surface area contributed by atoms with E-state index in [4.69, 9.17) is 0 Å². The zero-order chi connectivity index (χ0) is 15.6. The molecule has 1 aromatic carbocycles. The fraction of sp³-hybridized carbons (Fsp3) is 0.500. The number of hydrogen-bond acceptors (Lipinski definition) is 2. The SMILES string of the molecule is C[Si](C)(C)N[Si](C)(C)C.Cn1[c-]nc2ccc(Br)cc21.[Li+]. The molecule has 0 fully saturated rings. The maximum absolute atomic E-state index is 4.08. The third-order valence-electron chi connectivity index (χ3n) is 2.37. The number of nitrogens with zero attached hydrogens (tertiary/aromatic N) is 2. The van der Waals surface area contributed by atoms with E-state index in [0.717, 1.165) is 15.5 Å². The quantitative estimate of drug-likeness (QED) is 0.632. The number of halogens is 1. The summed E-state index contributed by atoms with van der Waals surface area (Å²) in [6.45, 7) is 14.1. The van der Waals surface area contributed by atoms with Crippen molar-refractivity contribution in [1.82, 2.24) is 14.2 Å². The number of aryl methyl sites for hydroxylation is 1. The molecule has 0 aliphatic heterocycles. The molecule has 0 bridgehead atoms. The topological polar surface area (TPSA) is 29.9 Å². The molecule has 1 aromatic heterocycles. The zero-order valence-electron chi connectivity index (χ0n) is 14.5. The number of nitrogens with one attached hydrogen (secondary N) is 1. The van der Waals surface area contributed by atoms with Gasteiger partial charge in [0.2, 0.25) is 0 Å². The standard InChI is InChI=1S/C8H6BrN2.C6H19NSi2.Li/c1-11-5-10-7-3-2-6(9)4-8(7)11;1-8(2,3)7-9(4,5)6;/h2-4H,1H3;7H,1-6H3;/q-1;;+1. The van der Waals surface area contributed by atoms with E-state index in [1.165, 1.54) is 0 Å². The molecule has 0 aliphatic carbocycles. The van der Waals surface area contributed by atoms with Crippen LogP contribution in [0.1, 0.15) is 0 Å². The van der Waals surface area contributed by atoms with Crippen molar-refractivity contribution in [2.75, 3.05) is 0 Å². The molecule has 2 rings (SSSR count). The van der Waals surface area contributed by atoms with Crippen LogP contribution in [0.5, 0.6) is 0 Å². The maximum atomic E-state index is 4.08. The molecule has 0 unspecified atom stereocenters. The Morgan fingerprint density at radius 1 is 1.10 bits per heavy atom. The summed E-state index contributed by atoms with van der Waals surface area (Å²) in [5.41, 5.74) is 2.08. The van der Waals surface area contributed by atoms with Crippen LogP contribution < -0.4 is 23.5 Å². The molecular formula is C14H25BrLiN3Si2. The largest absolute Gasteiger partial charge is 1.00 e. The van der Waals surface area contributed by atoms with Crippen molar-refractivity contribution < 1.29 is 18.9 Å². The van der Waals surface area contributed by atoms with Gasteiger partial charge in [-0.3, -0.25) is 0 Å². The third kappa shape index (κ3) is 8.38. The Balaban J connectivity index is 0.000000373. The van der Waals surface area contributed by atoms with Crippen LogP contribution in [0.25, 0.3) is 11.0 Å². The van der Waals surface area contributed by atoms with E-state index >= 15 is 0 Å². The summed E-state index contributed by atoms with van der Waals surface area (Å²) in [6, 6.07) is 5.97. The molecule has 0 saturated carbocycles. The minimum Gasteiger partial charge on any atom is -0.450 e. The van der Waals surface area contributed by atoms with Gasteiger partial charge in [-0.05, 0) is 7.05 Å². The number of imidazole rings is 1. The average Bonchev–Trinajstić information content (AvgIpc) is 2.56. The molecule has 0 aliphatic rings. The van der Waals surface area contributed by atoms with Gasteiger partial charge >= 0.3 is 18.9 Å². The number of rotatable bonds is 2. The van der Waals surface area contributed by atoms with Crippen molar-refractivity contribution in [2.45, 2.75) is 39.3 Å². The van der Waals surface area contributed by atoms with E-state index in [-0.39, 0.29) is 18.9 Å². The normalized spacial score (nSPS) is 11.6. The third-order valence-corrected chi connectivity index (χ3v) is 8.86. The minimum atomic E-state index is -0.981. The second-order valence-corrected chi connectivity index (χ2v) is 17.9. The monoisotopic (exact) mass is 377 g/mol. The Morgan fingerprint density at radius 2 is 1.62 bits per heavy atom. The number of aromatic nitrogens is 2. The van der Waals surface area contributed by atoms with Crippen LogP contribution in [-0.4, -0.2) is 26.0 Å². The van der Waals surface area contributed by atoms with Crippen molar-refractivity contribution in [3.63, 3.8) is 0 Å². The molecule has 0 atom stereocenters. The van der Waals surface area contributed by atoms with Gasteiger partial charge in [0.15, 0.2) is 0 Å². The first-order chi connectivity index (χ1) is 8.98. The van der Waals surface area contributed by atoms with Gasteiger partial charge in [-0.1, -0.05) is 78.4 Å². The van der Waals surface area contributed by atoms with Crippen molar-refractivity contribution in [2.24, 2.45) is 7.05 Å². The smallest absolute Gasteiger partial charge is 0.450 e. The minimum absolute atomic E-state index is 0. The second kappa shape index (κ2) is 8.14. The van der Waals surface area contributed by atoms with Gasteiger partial charge in [0.1, 0.15) is 16.5 Å². The summed E-state index contributed by atoms with van der Waals surface area (Å²) < 4.78 is 6.68. The van der Waals surface area contributed by atoms with Gasteiger partial charge in [0.25, 0.3) is 0 Å². The molecule has 0 amide bonds. The molecule has 1 N–H and O–H groups in total. The Labute approximate surface area is 151 Å². The van der Waals surface area contributed by atoms with Gasteiger partial charge in [0, 0.05) is 10.8 Å². The van der Waals surface area contributed by atoms with Crippen molar-refractivity contribution in [3.05, 3.63) is 29.0 Å². The first-order valence-electron chi connectivity index (χ1n) is 6.77. The summed E-state index contributed by atoms with van der Waals surface area (Å²) in [5, 5.41) is 0. The Kier molecular flexibility index (Phi) is 8.20. The van der Waals surface area contributed by atoms with Crippen LogP contribution in [0.15, 0.2) is 22.7 Å². The predicted octanol–water partition coefficient (Wildman–Crippen LogP) is 1.39. The Morgan fingerprint density at radius 3 is 2.05 bits per heavy atom. The van der Waals surface area contributed by atoms with E-state index in [1.54, 1.807) is 0 Å². The molecule has 1 heterocycles. The van der Waals surface area contributed by atoms with Gasteiger partial charge in [-0.2, -0.15) is 0 Å². The molecule has 3 nitrogen and oxygen atoms in total. The molecular weight excluding hydrogens is 353 g/mol. The van der Waals surface area contributed by atoms with Gasteiger partial charge < -0.3 is 14.2 Å². The van der Waals surface area contributed by atoms with Crippen molar-refractivity contribution in [3.8, 4) is 0 Å². The van der Waals surface area contributed by atoms with Crippen LogP contribution >= 0.6 is 15.9 Å². The Hall–Kier alpha value is 0.161. The summed E-state index contributed by atoms with van der Waals surface area (Å²) in [6.07, 6.45) is 2.85. The summed E-state index contributed by atoms with van der Waals surface area (Å²) >= 11 is 3.40. The number of benzene rings is 1. The second-order valence-electron chi connectivity index (χ2n) is 7.03. The average molecular weight is 378 g/mol. The first kappa shape index (κ1) is 21.2. The maximum Gasteiger partial charge on any atom is 1.00 e. The van der Waals surface area contributed by atoms with Gasteiger partial charge in [-0.15, -0.1) is 6.07 Å².